The van der Waals surface area contributed by atoms with Gasteiger partial charge in [0.05, 0.1) is 5.45 Å². The average Bonchev–Trinajstić information content (AvgIpc) is 2.56. The van der Waals surface area contributed by atoms with Crippen molar-refractivity contribution in [2.75, 3.05) is 0 Å². The first-order chi connectivity index (χ1) is 10.4. The monoisotopic (exact) mass is 291 g/mol. The molecule has 2 aromatic carbocycles. The average molecular weight is 291 g/mol. The van der Waals surface area contributed by atoms with Crippen LogP contribution in [0.3, 0.4) is 0 Å². The summed E-state index contributed by atoms with van der Waals surface area (Å²) in [7, 11) is -0.685. The van der Waals surface area contributed by atoms with Gasteiger partial charge in [-0.05, 0) is 22.8 Å². The summed E-state index contributed by atoms with van der Waals surface area (Å²) in [5.74, 6) is 0. The third-order valence-electron chi connectivity index (χ3n) is 2.87. The lowest BCUT2D eigenvalue weighted by molar-refractivity contribution is 1.59. The molecule has 2 heteroatoms. The summed E-state index contributed by atoms with van der Waals surface area (Å²) >= 11 is 0. The van der Waals surface area contributed by atoms with Gasteiger partial charge in [0.2, 0.25) is 0 Å². The Labute approximate surface area is 127 Å². The minimum Gasteiger partial charge on any atom is -0.256 e. The summed E-state index contributed by atoms with van der Waals surface area (Å²) in [6, 6.07) is 20.9. The minimum absolute atomic E-state index is 0.685. The zero-order valence-electron chi connectivity index (χ0n) is 11.9. The first-order valence-corrected chi connectivity index (χ1v) is 8.09. The molecule has 2 rings (SSSR count). The molecule has 0 aliphatic carbocycles. The highest BCUT2D eigenvalue weighted by atomic mass is 31.1. The van der Waals surface area contributed by atoms with Crippen LogP contribution >= 0.6 is 7.92 Å². The molecule has 0 aromatic heterocycles. The van der Waals surface area contributed by atoms with E-state index >= 15 is 0 Å². The number of rotatable bonds is 6. The van der Waals surface area contributed by atoms with Crippen molar-refractivity contribution in [3.05, 3.63) is 98.2 Å². The molecule has 0 saturated carbocycles. The standard InChI is InChI=1S/C19H18NP/c1-3-5-16-20-19(4-2)21(17-12-8-6-9-13-17)18-14-10-7-11-15-18/h3-16H,1-2H2/b16-5-,20-19+. The molecule has 0 saturated heterocycles. The molecule has 0 spiro atoms. The predicted molar refractivity (Wildman–Crippen MR) is 96.0 cm³/mol. The Bertz CT molecular complexity index is 602. The molecular weight excluding hydrogens is 273 g/mol. The lowest BCUT2D eigenvalue weighted by Gasteiger charge is -2.18. The molecule has 21 heavy (non-hydrogen) atoms. The van der Waals surface area contributed by atoms with E-state index in [2.05, 4.69) is 66.7 Å². The van der Waals surface area contributed by atoms with E-state index in [9.17, 15) is 0 Å². The number of nitrogens with zero attached hydrogens (tertiary/aromatic N) is 1. The highest BCUT2D eigenvalue weighted by Crippen LogP contribution is 2.36. The SMILES string of the molecule is C=C/C=C\N=C(/C=C)P(c1ccccc1)c1ccccc1. The smallest absolute Gasteiger partial charge is 0.0715 e. The molecule has 0 amide bonds. The molecule has 1 nitrogen and oxygen atoms in total. The third-order valence-corrected chi connectivity index (χ3v) is 5.25. The Morgan fingerprint density at radius 1 is 0.857 bits per heavy atom. The summed E-state index contributed by atoms with van der Waals surface area (Å²) in [5, 5.41) is 2.54. The second kappa shape index (κ2) is 8.14. The van der Waals surface area contributed by atoms with E-state index in [-0.39, 0.29) is 0 Å². The Balaban J connectivity index is 2.50. The molecule has 0 heterocycles. The van der Waals surface area contributed by atoms with Crippen molar-refractivity contribution >= 4 is 24.0 Å². The van der Waals surface area contributed by atoms with Gasteiger partial charge >= 0.3 is 0 Å². The van der Waals surface area contributed by atoms with Crippen molar-refractivity contribution in [2.45, 2.75) is 0 Å². The van der Waals surface area contributed by atoms with Crippen molar-refractivity contribution in [1.29, 1.82) is 0 Å². The molecule has 0 atom stereocenters. The second-order valence-electron chi connectivity index (χ2n) is 4.28. The summed E-state index contributed by atoms with van der Waals surface area (Å²) in [5.41, 5.74) is 0.987. The van der Waals surface area contributed by atoms with Crippen LogP contribution in [0.4, 0.5) is 0 Å². The van der Waals surface area contributed by atoms with Crippen LogP contribution in [0.1, 0.15) is 0 Å². The Morgan fingerprint density at radius 3 is 1.81 bits per heavy atom. The van der Waals surface area contributed by atoms with Crippen LogP contribution in [-0.4, -0.2) is 5.45 Å². The summed E-state index contributed by atoms with van der Waals surface area (Å²) < 4.78 is 0. The van der Waals surface area contributed by atoms with Crippen molar-refractivity contribution in [2.24, 2.45) is 4.99 Å². The van der Waals surface area contributed by atoms with Crippen LogP contribution < -0.4 is 10.6 Å². The van der Waals surface area contributed by atoms with Gasteiger partial charge in [-0.1, -0.05) is 79.9 Å². The number of hydrogen-bond acceptors (Lipinski definition) is 1. The van der Waals surface area contributed by atoms with Crippen molar-refractivity contribution in [3.8, 4) is 0 Å². The fourth-order valence-electron chi connectivity index (χ4n) is 1.95. The van der Waals surface area contributed by atoms with Gasteiger partial charge in [-0.25, -0.2) is 0 Å². The molecule has 0 aliphatic rings. The molecule has 0 unspecified atom stereocenters. The third kappa shape index (κ3) is 4.11. The Kier molecular flexibility index (Phi) is 5.87. The summed E-state index contributed by atoms with van der Waals surface area (Å²) in [6.45, 7) is 7.61. The van der Waals surface area contributed by atoms with Crippen molar-refractivity contribution in [3.63, 3.8) is 0 Å². The van der Waals surface area contributed by atoms with Crippen LogP contribution in [0, 0.1) is 0 Å². The summed E-state index contributed by atoms with van der Waals surface area (Å²) in [6.07, 6.45) is 7.16. The van der Waals surface area contributed by atoms with E-state index in [0.29, 0.717) is 0 Å². The zero-order chi connectivity index (χ0) is 14.9. The number of allylic oxidation sites excluding steroid dienone is 3. The fourth-order valence-corrected chi connectivity index (χ4v) is 4.08. The van der Waals surface area contributed by atoms with Crippen LogP contribution in [0.15, 0.2) is 103 Å². The molecule has 0 N–H and O–H groups in total. The topological polar surface area (TPSA) is 12.4 Å². The highest BCUT2D eigenvalue weighted by Gasteiger charge is 2.17. The van der Waals surface area contributed by atoms with E-state index in [1.807, 2.05) is 24.3 Å². The van der Waals surface area contributed by atoms with Gasteiger partial charge in [0.15, 0.2) is 0 Å². The number of benzene rings is 2. The van der Waals surface area contributed by atoms with Gasteiger partial charge in [0.1, 0.15) is 0 Å². The molecule has 2 aromatic rings. The maximum Gasteiger partial charge on any atom is 0.0715 e. The Hall–Kier alpha value is -2.24. The molecule has 0 aliphatic heterocycles. The first-order valence-electron chi connectivity index (χ1n) is 6.75. The fraction of sp³-hybridized carbons (Fsp3) is 0. The lowest BCUT2D eigenvalue weighted by Crippen LogP contribution is -2.16. The van der Waals surface area contributed by atoms with E-state index in [4.69, 9.17) is 0 Å². The predicted octanol–water partition coefficient (Wildman–Crippen LogP) is 4.40. The minimum atomic E-state index is -0.685. The van der Waals surface area contributed by atoms with Crippen LogP contribution in [0.2, 0.25) is 0 Å². The number of aliphatic imine (C=N–C) groups is 1. The van der Waals surface area contributed by atoms with Crippen LogP contribution in [0.25, 0.3) is 0 Å². The van der Waals surface area contributed by atoms with Gasteiger partial charge in [0.25, 0.3) is 0 Å². The van der Waals surface area contributed by atoms with Crippen molar-refractivity contribution < 1.29 is 0 Å². The zero-order valence-corrected chi connectivity index (χ0v) is 12.8. The van der Waals surface area contributed by atoms with Gasteiger partial charge in [-0.3, -0.25) is 4.99 Å². The first kappa shape index (κ1) is 15.2. The van der Waals surface area contributed by atoms with Crippen molar-refractivity contribution in [1.82, 2.24) is 0 Å². The second-order valence-corrected chi connectivity index (χ2v) is 6.44. The maximum absolute atomic E-state index is 4.56. The molecule has 0 fully saturated rings. The molecule has 0 bridgehead atoms. The largest absolute Gasteiger partial charge is 0.256 e. The lowest BCUT2D eigenvalue weighted by atomic mass is 10.4. The van der Waals surface area contributed by atoms with Gasteiger partial charge in [0, 0.05) is 14.1 Å². The van der Waals surface area contributed by atoms with Gasteiger partial charge in [-0.15, -0.1) is 0 Å². The molecule has 0 radical (unpaired) electrons. The Morgan fingerprint density at radius 2 is 1.38 bits per heavy atom. The van der Waals surface area contributed by atoms with Crippen LogP contribution in [0.5, 0.6) is 0 Å². The van der Waals surface area contributed by atoms with Gasteiger partial charge in [-0.2, -0.15) is 0 Å². The quantitative estimate of drug-likeness (QED) is 0.425. The van der Waals surface area contributed by atoms with E-state index < -0.39 is 7.92 Å². The van der Waals surface area contributed by atoms with E-state index in [1.165, 1.54) is 10.6 Å². The van der Waals surface area contributed by atoms with E-state index in [0.717, 1.165) is 5.45 Å². The molecule has 104 valence electrons. The highest BCUT2D eigenvalue weighted by molar-refractivity contribution is 7.88. The normalized spacial score (nSPS) is 11.8. The summed E-state index contributed by atoms with van der Waals surface area (Å²) in [4.78, 5) is 4.56. The maximum atomic E-state index is 4.56. The van der Waals surface area contributed by atoms with Crippen LogP contribution in [-0.2, 0) is 0 Å². The van der Waals surface area contributed by atoms with E-state index in [1.54, 1.807) is 12.3 Å². The van der Waals surface area contributed by atoms with Gasteiger partial charge < -0.3 is 0 Å². The molecular formula is C19H18NP. The number of hydrogen-bond donors (Lipinski definition) is 0.